The topological polar surface area (TPSA) is 46.5 Å². The lowest BCUT2D eigenvalue weighted by Gasteiger charge is -2.32. The van der Waals surface area contributed by atoms with E-state index in [1.54, 1.807) is 0 Å². The second kappa shape index (κ2) is 5.35. The molecule has 1 saturated carbocycles. The first-order chi connectivity index (χ1) is 6.63. The fourth-order valence-electron chi connectivity index (χ4n) is 2.21. The van der Waals surface area contributed by atoms with Crippen molar-refractivity contribution in [1.29, 1.82) is 0 Å². The van der Waals surface area contributed by atoms with Crippen LogP contribution in [0.15, 0.2) is 0 Å². The van der Waals surface area contributed by atoms with Crippen LogP contribution in [0.1, 0.15) is 46.0 Å². The number of esters is 1. The maximum atomic E-state index is 10.8. The smallest absolute Gasteiger partial charge is 0.302 e. The molecule has 0 aromatic rings. The van der Waals surface area contributed by atoms with Crippen molar-refractivity contribution < 1.29 is 14.6 Å². The van der Waals surface area contributed by atoms with Crippen LogP contribution >= 0.6 is 0 Å². The second-order valence-electron chi connectivity index (χ2n) is 4.18. The Morgan fingerprint density at radius 1 is 1.50 bits per heavy atom. The molecule has 3 heteroatoms. The van der Waals surface area contributed by atoms with Crippen LogP contribution in [-0.2, 0) is 9.53 Å². The Bertz CT molecular complexity index is 191. The molecule has 0 spiro atoms. The van der Waals surface area contributed by atoms with Crippen molar-refractivity contribution in [2.75, 3.05) is 0 Å². The summed E-state index contributed by atoms with van der Waals surface area (Å²) in [7, 11) is 0. The van der Waals surface area contributed by atoms with Gasteiger partial charge >= 0.3 is 5.97 Å². The Morgan fingerprint density at radius 3 is 2.79 bits per heavy atom. The molecule has 3 unspecified atom stereocenters. The van der Waals surface area contributed by atoms with Gasteiger partial charge in [0.2, 0.25) is 0 Å². The average Bonchev–Trinajstić information content (AvgIpc) is 2.10. The summed E-state index contributed by atoms with van der Waals surface area (Å²) in [6, 6.07) is 0. The molecule has 1 aliphatic carbocycles. The van der Waals surface area contributed by atoms with E-state index >= 15 is 0 Å². The van der Waals surface area contributed by atoms with Gasteiger partial charge in [-0.2, -0.15) is 0 Å². The summed E-state index contributed by atoms with van der Waals surface area (Å²) < 4.78 is 5.09. The number of carbonyl (C=O) groups is 1. The van der Waals surface area contributed by atoms with Gasteiger partial charge in [-0.05, 0) is 25.2 Å². The van der Waals surface area contributed by atoms with Crippen LogP contribution in [0.3, 0.4) is 0 Å². The minimum atomic E-state index is -0.452. The van der Waals surface area contributed by atoms with E-state index < -0.39 is 6.10 Å². The standard InChI is InChI=1S/C11H20O3/c1-3-4-9-5-6-10(13)11(7-9)14-8(2)12/h9-11,13H,3-7H2,1-2H3. The number of carbonyl (C=O) groups excluding carboxylic acids is 1. The summed E-state index contributed by atoms with van der Waals surface area (Å²) >= 11 is 0. The monoisotopic (exact) mass is 200 g/mol. The molecule has 0 amide bonds. The summed E-state index contributed by atoms with van der Waals surface area (Å²) in [4.78, 5) is 10.8. The molecule has 1 N–H and O–H groups in total. The highest BCUT2D eigenvalue weighted by atomic mass is 16.6. The summed E-state index contributed by atoms with van der Waals surface area (Å²) in [5.74, 6) is 0.332. The van der Waals surface area contributed by atoms with E-state index in [0.717, 1.165) is 25.7 Å². The maximum Gasteiger partial charge on any atom is 0.302 e. The van der Waals surface area contributed by atoms with Crippen LogP contribution in [-0.4, -0.2) is 23.3 Å². The summed E-state index contributed by atoms with van der Waals surface area (Å²) in [6.45, 7) is 3.56. The lowest BCUT2D eigenvalue weighted by molar-refractivity contribution is -0.156. The third kappa shape index (κ3) is 3.29. The van der Waals surface area contributed by atoms with Crippen molar-refractivity contribution in [3.8, 4) is 0 Å². The molecular formula is C11H20O3. The second-order valence-corrected chi connectivity index (χ2v) is 4.18. The van der Waals surface area contributed by atoms with Gasteiger partial charge in [0, 0.05) is 6.92 Å². The molecule has 0 radical (unpaired) electrons. The largest absolute Gasteiger partial charge is 0.460 e. The third-order valence-corrected chi connectivity index (χ3v) is 2.88. The number of aliphatic hydroxyl groups is 1. The van der Waals surface area contributed by atoms with Crippen LogP contribution in [0.5, 0.6) is 0 Å². The molecule has 1 aliphatic rings. The van der Waals surface area contributed by atoms with Gasteiger partial charge in [-0.15, -0.1) is 0 Å². The van der Waals surface area contributed by atoms with E-state index in [1.807, 2.05) is 0 Å². The summed E-state index contributed by atoms with van der Waals surface area (Å²) in [5, 5.41) is 9.63. The van der Waals surface area contributed by atoms with Crippen LogP contribution in [0.25, 0.3) is 0 Å². The van der Waals surface area contributed by atoms with Gasteiger partial charge in [0.05, 0.1) is 6.10 Å². The Labute approximate surface area is 85.5 Å². The highest BCUT2D eigenvalue weighted by Crippen LogP contribution is 2.29. The van der Waals surface area contributed by atoms with Crippen LogP contribution in [0.2, 0.25) is 0 Å². The van der Waals surface area contributed by atoms with Gasteiger partial charge in [0.1, 0.15) is 6.10 Å². The molecule has 0 aliphatic heterocycles. The molecule has 0 bridgehead atoms. The van der Waals surface area contributed by atoms with Crippen molar-refractivity contribution in [3.63, 3.8) is 0 Å². The number of aliphatic hydroxyl groups excluding tert-OH is 1. The van der Waals surface area contributed by atoms with E-state index in [0.29, 0.717) is 5.92 Å². The Balaban J connectivity index is 2.42. The molecule has 0 heterocycles. The van der Waals surface area contributed by atoms with Gasteiger partial charge in [0.15, 0.2) is 0 Å². The molecule has 0 saturated heterocycles. The van der Waals surface area contributed by atoms with E-state index in [4.69, 9.17) is 4.74 Å². The van der Waals surface area contributed by atoms with Gasteiger partial charge in [0.25, 0.3) is 0 Å². The molecule has 0 aromatic carbocycles. The lowest BCUT2D eigenvalue weighted by Crippen LogP contribution is -2.37. The van der Waals surface area contributed by atoms with E-state index in [9.17, 15) is 9.90 Å². The van der Waals surface area contributed by atoms with E-state index in [2.05, 4.69) is 6.92 Å². The Morgan fingerprint density at radius 2 is 2.21 bits per heavy atom. The Kier molecular flexibility index (Phi) is 4.39. The van der Waals surface area contributed by atoms with Crippen molar-refractivity contribution in [2.45, 2.75) is 58.2 Å². The summed E-state index contributed by atoms with van der Waals surface area (Å²) in [6.07, 6.45) is 4.27. The zero-order chi connectivity index (χ0) is 10.6. The molecule has 82 valence electrons. The maximum absolute atomic E-state index is 10.8. The first kappa shape index (κ1) is 11.5. The first-order valence-corrected chi connectivity index (χ1v) is 5.48. The lowest BCUT2D eigenvalue weighted by atomic mass is 9.83. The van der Waals surface area contributed by atoms with Crippen molar-refractivity contribution in [2.24, 2.45) is 5.92 Å². The van der Waals surface area contributed by atoms with Gasteiger partial charge in [-0.3, -0.25) is 4.79 Å². The zero-order valence-electron chi connectivity index (χ0n) is 9.03. The summed E-state index contributed by atoms with van der Waals surface area (Å²) in [5.41, 5.74) is 0. The molecular weight excluding hydrogens is 180 g/mol. The molecule has 1 fully saturated rings. The van der Waals surface area contributed by atoms with Gasteiger partial charge in [-0.25, -0.2) is 0 Å². The molecule has 3 atom stereocenters. The minimum Gasteiger partial charge on any atom is -0.460 e. The molecule has 0 aromatic heterocycles. The fourth-order valence-corrected chi connectivity index (χ4v) is 2.21. The molecule has 14 heavy (non-hydrogen) atoms. The van der Waals surface area contributed by atoms with Crippen LogP contribution in [0.4, 0.5) is 0 Å². The quantitative estimate of drug-likeness (QED) is 0.707. The predicted molar refractivity (Wildman–Crippen MR) is 53.8 cm³/mol. The van der Waals surface area contributed by atoms with E-state index in [1.165, 1.54) is 13.3 Å². The van der Waals surface area contributed by atoms with Crippen LogP contribution < -0.4 is 0 Å². The minimum absolute atomic E-state index is 0.266. The highest BCUT2D eigenvalue weighted by Gasteiger charge is 2.30. The number of ether oxygens (including phenoxy) is 1. The van der Waals surface area contributed by atoms with Crippen molar-refractivity contribution in [3.05, 3.63) is 0 Å². The first-order valence-electron chi connectivity index (χ1n) is 5.48. The zero-order valence-corrected chi connectivity index (χ0v) is 9.03. The van der Waals surface area contributed by atoms with Gasteiger partial charge < -0.3 is 9.84 Å². The molecule has 3 nitrogen and oxygen atoms in total. The van der Waals surface area contributed by atoms with E-state index in [-0.39, 0.29) is 12.1 Å². The van der Waals surface area contributed by atoms with Crippen molar-refractivity contribution >= 4 is 5.97 Å². The number of hydrogen-bond donors (Lipinski definition) is 1. The predicted octanol–water partition coefficient (Wildman–Crippen LogP) is 1.88. The highest BCUT2D eigenvalue weighted by molar-refractivity contribution is 5.66. The third-order valence-electron chi connectivity index (χ3n) is 2.88. The van der Waals surface area contributed by atoms with Crippen LogP contribution in [0, 0.1) is 5.92 Å². The normalized spacial score (nSPS) is 32.6. The average molecular weight is 200 g/mol. The van der Waals surface area contributed by atoms with Crippen molar-refractivity contribution in [1.82, 2.24) is 0 Å². The van der Waals surface area contributed by atoms with Gasteiger partial charge in [-0.1, -0.05) is 19.8 Å². The SMILES string of the molecule is CCCC1CCC(O)C(OC(C)=O)C1. The molecule has 1 rings (SSSR count). The number of rotatable bonds is 3. The fraction of sp³-hybridized carbons (Fsp3) is 0.909. The Hall–Kier alpha value is -0.570. The number of hydrogen-bond acceptors (Lipinski definition) is 3.